The molecule has 0 aliphatic carbocycles. The van der Waals surface area contributed by atoms with Crippen LogP contribution in [0.25, 0.3) is 5.65 Å². The van der Waals surface area contributed by atoms with Gasteiger partial charge >= 0.3 is 0 Å². The average Bonchev–Trinajstić information content (AvgIpc) is 3.38. The number of carbonyl (C=O) groups excluding carboxylic acids is 1. The van der Waals surface area contributed by atoms with E-state index < -0.39 is 24.6 Å². The van der Waals surface area contributed by atoms with Gasteiger partial charge in [-0.25, -0.2) is 13.9 Å². The van der Waals surface area contributed by atoms with Gasteiger partial charge in [0.05, 0.1) is 19.8 Å². The standard InChI is InChI=1S/C20H21FN6O/c1-12-4-5-16-14(9-13(21)10-22-16)17-3-2-7-26(17)18-6-8-27-19(25-18)15(11-23-27)20(28)24-12/h6,8-12,17H,2-5,7H2,1H3,(H,24,28)/t12-,17-/m0/s1/i1D3,12D. The number of hydrogen-bond acceptors (Lipinski definition) is 5. The highest BCUT2D eigenvalue weighted by atomic mass is 19.1. The van der Waals surface area contributed by atoms with Crippen molar-refractivity contribution in [3.05, 3.63) is 53.4 Å². The van der Waals surface area contributed by atoms with Gasteiger partial charge in [0.15, 0.2) is 5.65 Å². The number of fused-ring (bicyclic) bond motifs is 5. The van der Waals surface area contributed by atoms with Crippen LogP contribution in [-0.2, 0) is 6.42 Å². The molecular weight excluding hydrogens is 359 g/mol. The molecule has 28 heavy (non-hydrogen) atoms. The molecule has 0 saturated carbocycles. The zero-order valence-electron chi connectivity index (χ0n) is 19.0. The second-order valence-corrected chi connectivity index (χ2v) is 7.09. The van der Waals surface area contributed by atoms with Gasteiger partial charge in [0, 0.05) is 28.6 Å². The molecule has 2 atom stereocenters. The van der Waals surface area contributed by atoms with E-state index in [9.17, 15) is 9.18 Å². The van der Waals surface area contributed by atoms with Gasteiger partial charge in [0.1, 0.15) is 17.2 Å². The predicted octanol–water partition coefficient (Wildman–Crippen LogP) is 2.67. The Balaban J connectivity index is 1.72. The number of amides is 1. The Labute approximate surface area is 167 Å². The molecule has 8 heteroatoms. The lowest BCUT2D eigenvalue weighted by Crippen LogP contribution is -2.33. The predicted molar refractivity (Wildman–Crippen MR) is 102 cm³/mol. The number of pyridine rings is 1. The Morgan fingerprint density at radius 1 is 1.39 bits per heavy atom. The zero-order chi connectivity index (χ0) is 22.7. The van der Waals surface area contributed by atoms with Gasteiger partial charge < -0.3 is 10.2 Å². The summed E-state index contributed by atoms with van der Waals surface area (Å²) in [5.41, 5.74) is 1.51. The van der Waals surface area contributed by atoms with Crippen molar-refractivity contribution in [3.8, 4) is 0 Å². The van der Waals surface area contributed by atoms with E-state index in [0.29, 0.717) is 23.6 Å². The second kappa shape index (κ2) is 6.54. The van der Waals surface area contributed by atoms with Crippen LogP contribution in [0.1, 0.15) is 59.3 Å². The highest BCUT2D eigenvalue weighted by Gasteiger charge is 2.31. The molecule has 2 bridgehead atoms. The Morgan fingerprint density at radius 3 is 3.21 bits per heavy atom. The Hall–Kier alpha value is -3.03. The first kappa shape index (κ1) is 13.2. The van der Waals surface area contributed by atoms with E-state index >= 15 is 0 Å². The fourth-order valence-corrected chi connectivity index (χ4v) is 4.03. The summed E-state index contributed by atoms with van der Waals surface area (Å²) in [6, 6.07) is 0.732. The van der Waals surface area contributed by atoms with E-state index in [1.54, 1.807) is 12.3 Å². The molecule has 0 aromatic carbocycles. The topological polar surface area (TPSA) is 75.4 Å². The van der Waals surface area contributed by atoms with Crippen molar-refractivity contribution in [3.63, 3.8) is 0 Å². The molecule has 0 radical (unpaired) electrons. The summed E-state index contributed by atoms with van der Waals surface area (Å²) < 4.78 is 48.0. The Bertz CT molecular complexity index is 1210. The second-order valence-electron chi connectivity index (χ2n) is 7.09. The molecule has 1 fully saturated rings. The Kier molecular flexibility index (Phi) is 3.08. The van der Waals surface area contributed by atoms with Crippen LogP contribution in [0.2, 0.25) is 0 Å². The number of nitrogens with one attached hydrogen (secondary N) is 1. The SMILES string of the molecule is [2H]C([2H])([2H])[C@@]1([2H])CCc2ncc(F)cc2[C@@H]2CCCN2c2ccn3ncc(c3n2)C(=O)N1. The van der Waals surface area contributed by atoms with Crippen LogP contribution in [0.4, 0.5) is 10.2 Å². The minimum atomic E-state index is -2.80. The molecular formula is C20H21FN6O. The number of aromatic nitrogens is 4. The van der Waals surface area contributed by atoms with Crippen LogP contribution in [0.5, 0.6) is 0 Å². The molecule has 2 aliphatic heterocycles. The first-order valence-electron chi connectivity index (χ1n) is 11.2. The first-order valence-corrected chi connectivity index (χ1v) is 9.24. The molecule has 5 rings (SSSR count). The number of halogens is 1. The van der Waals surface area contributed by atoms with Crippen LogP contribution in [-0.4, -0.2) is 38.1 Å². The fraction of sp³-hybridized carbons (Fsp3) is 0.400. The molecule has 3 aromatic rings. The van der Waals surface area contributed by atoms with Gasteiger partial charge in [-0.3, -0.25) is 9.78 Å². The minimum absolute atomic E-state index is 0.0874. The van der Waals surface area contributed by atoms with Gasteiger partial charge in [0.2, 0.25) is 0 Å². The van der Waals surface area contributed by atoms with Crippen LogP contribution >= 0.6 is 0 Å². The van der Waals surface area contributed by atoms with Crippen molar-refractivity contribution in [2.24, 2.45) is 0 Å². The lowest BCUT2D eigenvalue weighted by Gasteiger charge is -2.27. The molecule has 3 aromatic heterocycles. The molecule has 0 unspecified atom stereocenters. The number of aryl methyl sites for hydroxylation is 1. The minimum Gasteiger partial charge on any atom is -0.349 e. The number of anilines is 1. The van der Waals surface area contributed by atoms with E-state index in [1.165, 1.54) is 16.8 Å². The van der Waals surface area contributed by atoms with Crippen LogP contribution in [0.3, 0.4) is 0 Å². The highest BCUT2D eigenvalue weighted by molar-refractivity contribution is 5.99. The van der Waals surface area contributed by atoms with Crippen LogP contribution < -0.4 is 10.2 Å². The molecule has 5 heterocycles. The Morgan fingerprint density at radius 2 is 2.32 bits per heavy atom. The van der Waals surface area contributed by atoms with E-state index in [1.807, 2.05) is 4.90 Å². The van der Waals surface area contributed by atoms with Crippen LogP contribution in [0.15, 0.2) is 30.7 Å². The fourth-order valence-electron chi connectivity index (χ4n) is 4.03. The number of hydrogen-bond donors (Lipinski definition) is 1. The van der Waals surface area contributed by atoms with E-state index in [2.05, 4.69) is 20.4 Å². The molecule has 1 N–H and O–H groups in total. The van der Waals surface area contributed by atoms with Gasteiger partial charge in [0.25, 0.3) is 5.91 Å². The number of nitrogens with zero attached hydrogens (tertiary/aromatic N) is 5. The van der Waals surface area contributed by atoms with E-state index in [0.717, 1.165) is 19.0 Å². The summed E-state index contributed by atoms with van der Waals surface area (Å²) >= 11 is 0. The summed E-state index contributed by atoms with van der Waals surface area (Å²) in [4.78, 5) is 23.9. The summed E-state index contributed by atoms with van der Waals surface area (Å²) in [5, 5.41) is 6.52. The van der Waals surface area contributed by atoms with E-state index in [4.69, 9.17) is 5.48 Å². The van der Waals surface area contributed by atoms with Crippen molar-refractivity contribution >= 4 is 17.4 Å². The summed E-state index contributed by atoms with van der Waals surface area (Å²) in [6.07, 6.45) is 5.56. The molecule has 0 spiro atoms. The van der Waals surface area contributed by atoms with E-state index in [-0.39, 0.29) is 30.1 Å². The third-order valence-electron chi connectivity index (χ3n) is 5.35. The third-order valence-corrected chi connectivity index (χ3v) is 5.35. The summed E-state index contributed by atoms with van der Waals surface area (Å²) in [5.74, 6) is -0.611. The van der Waals surface area contributed by atoms with Crippen molar-refractivity contribution in [1.29, 1.82) is 0 Å². The summed E-state index contributed by atoms with van der Waals surface area (Å²) in [7, 11) is 0. The van der Waals surface area contributed by atoms with Crippen molar-refractivity contribution in [1.82, 2.24) is 24.9 Å². The van der Waals surface area contributed by atoms with Crippen molar-refractivity contribution in [2.45, 2.75) is 44.6 Å². The maximum atomic E-state index is 14.2. The maximum absolute atomic E-state index is 14.2. The molecule has 7 nitrogen and oxygen atoms in total. The van der Waals surface area contributed by atoms with Gasteiger partial charge in [-0.05, 0) is 50.2 Å². The zero-order valence-corrected chi connectivity index (χ0v) is 15.0. The first-order chi connectivity index (χ1) is 15.2. The van der Waals surface area contributed by atoms with Crippen molar-refractivity contribution < 1.29 is 14.7 Å². The largest absolute Gasteiger partial charge is 0.349 e. The van der Waals surface area contributed by atoms with Gasteiger partial charge in [-0.15, -0.1) is 0 Å². The van der Waals surface area contributed by atoms with Crippen molar-refractivity contribution in [2.75, 3.05) is 11.4 Å². The normalized spacial score (nSPS) is 27.4. The maximum Gasteiger partial charge on any atom is 0.256 e. The molecule has 1 amide bonds. The van der Waals surface area contributed by atoms with Gasteiger partial charge in [-0.1, -0.05) is 0 Å². The molecule has 144 valence electrons. The third kappa shape index (κ3) is 2.80. The summed E-state index contributed by atoms with van der Waals surface area (Å²) in [6.45, 7) is -2.11. The van der Waals surface area contributed by atoms with Crippen LogP contribution in [0, 0.1) is 5.82 Å². The lowest BCUT2D eigenvalue weighted by molar-refractivity contribution is 0.0940. The molecule has 1 saturated heterocycles. The average molecular weight is 384 g/mol. The number of carbonyl (C=O) groups is 1. The highest BCUT2D eigenvalue weighted by Crippen LogP contribution is 2.37. The monoisotopic (exact) mass is 384 g/mol. The van der Waals surface area contributed by atoms with Gasteiger partial charge in [-0.2, -0.15) is 5.10 Å². The quantitative estimate of drug-likeness (QED) is 0.645. The smallest absolute Gasteiger partial charge is 0.256 e. The lowest BCUT2D eigenvalue weighted by atomic mass is 9.98. The molecule has 2 aliphatic rings. The number of rotatable bonds is 0.